The van der Waals surface area contributed by atoms with Crippen LogP contribution in [0.15, 0.2) is 42.0 Å². The number of β-amino-alcohol motifs (C(OH)–C–C–N with tert-alkyl or cyclic N) is 1. The molecule has 0 aliphatic carbocycles. The van der Waals surface area contributed by atoms with Gasteiger partial charge in [-0.15, -0.1) is 0 Å². The Balaban J connectivity index is 1.81. The molecule has 184 valence electrons. The lowest BCUT2D eigenvalue weighted by molar-refractivity contribution is -0.191. The van der Waals surface area contributed by atoms with Crippen molar-refractivity contribution in [3.63, 3.8) is 0 Å². The number of hydrogen-bond acceptors (Lipinski definition) is 8. The van der Waals surface area contributed by atoms with Gasteiger partial charge < -0.3 is 34.3 Å². The number of carbonyl (C=O) groups excluding carboxylic acids is 1. The van der Waals surface area contributed by atoms with Gasteiger partial charge in [0.15, 0.2) is 6.29 Å². The van der Waals surface area contributed by atoms with E-state index in [1.807, 2.05) is 30.3 Å². The van der Waals surface area contributed by atoms with E-state index in [2.05, 4.69) is 0 Å². The van der Waals surface area contributed by atoms with Crippen LogP contribution in [-0.2, 0) is 25.6 Å². The number of amides is 1. The molecule has 0 aromatic heterocycles. The number of ether oxygens (including phenoxy) is 4. The van der Waals surface area contributed by atoms with E-state index in [9.17, 15) is 20.1 Å². The Morgan fingerprint density at radius 1 is 1.27 bits per heavy atom. The molecule has 0 radical (unpaired) electrons. The molecule has 0 saturated carbocycles. The van der Waals surface area contributed by atoms with Crippen LogP contribution in [0.25, 0.3) is 0 Å². The van der Waals surface area contributed by atoms with E-state index < -0.39 is 48.4 Å². The van der Waals surface area contributed by atoms with Crippen LogP contribution in [0, 0.1) is 0 Å². The van der Waals surface area contributed by atoms with Gasteiger partial charge in [0.1, 0.15) is 23.9 Å². The van der Waals surface area contributed by atoms with E-state index in [-0.39, 0.29) is 26.2 Å². The third-order valence-corrected chi connectivity index (χ3v) is 5.63. The number of rotatable bonds is 7. The standard InChI is InChI=1S/C24H35NO8/c1-24(2,3)33-23(29)25-12-16(27)10-18(25)21(28)17-11-19(20(13-26)32-22(17)30-4)31-14-15-8-6-5-7-9-15/h5-9,11,16,18-22,26-28H,10,12-14H2,1-4H3/t16-,18-,19-,20?,21+,22+/m0/s1. The number of aliphatic hydroxyl groups excluding tert-OH is 3. The summed E-state index contributed by atoms with van der Waals surface area (Å²) in [5.74, 6) is 0. The molecule has 33 heavy (non-hydrogen) atoms. The average Bonchev–Trinajstić information content (AvgIpc) is 3.18. The fourth-order valence-corrected chi connectivity index (χ4v) is 4.08. The third-order valence-electron chi connectivity index (χ3n) is 5.63. The van der Waals surface area contributed by atoms with E-state index >= 15 is 0 Å². The second-order valence-electron chi connectivity index (χ2n) is 9.39. The number of hydrogen-bond donors (Lipinski definition) is 3. The largest absolute Gasteiger partial charge is 0.444 e. The molecule has 1 aromatic rings. The molecule has 0 spiro atoms. The minimum absolute atomic E-state index is 0.0512. The first-order valence-electron chi connectivity index (χ1n) is 11.1. The van der Waals surface area contributed by atoms with Crippen LogP contribution in [-0.4, -0.2) is 88.9 Å². The lowest BCUT2D eigenvalue weighted by Crippen LogP contribution is -2.50. The predicted molar refractivity (Wildman–Crippen MR) is 119 cm³/mol. The molecule has 0 bridgehead atoms. The molecule has 3 N–H and O–H groups in total. The number of likely N-dealkylation sites (tertiary alicyclic amines) is 1. The quantitative estimate of drug-likeness (QED) is 0.520. The number of methoxy groups -OCH3 is 1. The lowest BCUT2D eigenvalue weighted by atomic mass is 9.94. The summed E-state index contributed by atoms with van der Waals surface area (Å²) in [6, 6.07) is 8.84. The molecule has 1 saturated heterocycles. The molecule has 1 aromatic carbocycles. The SMILES string of the molecule is CO[C@@H]1OC(CO)[C@@H](OCc2ccccc2)C=C1[C@@H](O)[C@@H]1C[C@H](O)CN1C(=O)OC(C)(C)C. The third kappa shape index (κ3) is 6.53. The predicted octanol–water partition coefficient (Wildman–Crippen LogP) is 1.59. The molecule has 9 nitrogen and oxygen atoms in total. The van der Waals surface area contributed by atoms with Crippen LogP contribution >= 0.6 is 0 Å². The summed E-state index contributed by atoms with van der Waals surface area (Å²) in [6.07, 6.45) is -3.01. The second-order valence-corrected chi connectivity index (χ2v) is 9.39. The maximum atomic E-state index is 12.7. The Morgan fingerprint density at radius 3 is 2.58 bits per heavy atom. The smallest absolute Gasteiger partial charge is 0.410 e. The molecule has 1 unspecified atom stereocenters. The van der Waals surface area contributed by atoms with Gasteiger partial charge in [0.2, 0.25) is 0 Å². The first-order valence-corrected chi connectivity index (χ1v) is 11.1. The van der Waals surface area contributed by atoms with E-state index in [0.717, 1.165) is 5.56 Å². The fourth-order valence-electron chi connectivity index (χ4n) is 4.08. The topological polar surface area (TPSA) is 118 Å². The number of aliphatic hydroxyl groups is 3. The summed E-state index contributed by atoms with van der Waals surface area (Å²) in [5, 5.41) is 31.3. The Hall–Kier alpha value is -2.01. The molecule has 2 aliphatic heterocycles. The summed E-state index contributed by atoms with van der Waals surface area (Å²) in [4.78, 5) is 14.1. The lowest BCUT2D eigenvalue weighted by Gasteiger charge is -2.38. The monoisotopic (exact) mass is 465 g/mol. The average molecular weight is 466 g/mol. The molecule has 2 aliphatic rings. The first-order chi connectivity index (χ1) is 15.6. The minimum atomic E-state index is -1.19. The van der Waals surface area contributed by atoms with E-state index in [0.29, 0.717) is 5.57 Å². The van der Waals surface area contributed by atoms with Crippen molar-refractivity contribution in [1.29, 1.82) is 0 Å². The fraction of sp³-hybridized carbons (Fsp3) is 0.625. The molecule has 2 heterocycles. The van der Waals surface area contributed by atoms with Crippen molar-refractivity contribution in [2.24, 2.45) is 0 Å². The minimum Gasteiger partial charge on any atom is -0.444 e. The van der Waals surface area contributed by atoms with Crippen LogP contribution in [0.5, 0.6) is 0 Å². The van der Waals surface area contributed by atoms with E-state index in [1.165, 1.54) is 12.0 Å². The molecular weight excluding hydrogens is 430 g/mol. The van der Waals surface area contributed by atoms with Gasteiger partial charge in [-0.25, -0.2) is 4.79 Å². The van der Waals surface area contributed by atoms with Crippen LogP contribution < -0.4 is 0 Å². The molecular formula is C24H35NO8. The van der Waals surface area contributed by atoms with Gasteiger partial charge in [-0.1, -0.05) is 30.3 Å². The van der Waals surface area contributed by atoms with Crippen molar-refractivity contribution < 1.29 is 39.1 Å². The molecule has 1 fully saturated rings. The highest BCUT2D eigenvalue weighted by Crippen LogP contribution is 2.32. The van der Waals surface area contributed by atoms with Crippen molar-refractivity contribution in [2.45, 2.75) is 76.1 Å². The molecule has 1 amide bonds. The maximum Gasteiger partial charge on any atom is 0.410 e. The van der Waals surface area contributed by atoms with Gasteiger partial charge in [0.25, 0.3) is 0 Å². The number of carbonyl (C=O) groups is 1. The van der Waals surface area contributed by atoms with Crippen LogP contribution in [0.4, 0.5) is 4.79 Å². The van der Waals surface area contributed by atoms with Crippen molar-refractivity contribution in [1.82, 2.24) is 4.90 Å². The maximum absolute atomic E-state index is 12.7. The van der Waals surface area contributed by atoms with E-state index in [4.69, 9.17) is 18.9 Å². The van der Waals surface area contributed by atoms with Gasteiger partial charge in [-0.2, -0.15) is 0 Å². The van der Waals surface area contributed by atoms with Gasteiger partial charge in [0.05, 0.1) is 31.9 Å². The summed E-state index contributed by atoms with van der Waals surface area (Å²) >= 11 is 0. The summed E-state index contributed by atoms with van der Waals surface area (Å²) < 4.78 is 22.7. The van der Waals surface area contributed by atoms with E-state index in [1.54, 1.807) is 26.8 Å². The zero-order chi connectivity index (χ0) is 24.2. The van der Waals surface area contributed by atoms with Gasteiger partial charge >= 0.3 is 6.09 Å². The van der Waals surface area contributed by atoms with Crippen LogP contribution in [0.1, 0.15) is 32.8 Å². The Labute approximate surface area is 194 Å². The van der Waals surface area contributed by atoms with Crippen molar-refractivity contribution in [2.75, 3.05) is 20.3 Å². The zero-order valence-electron chi connectivity index (χ0n) is 19.6. The van der Waals surface area contributed by atoms with Crippen molar-refractivity contribution in [3.05, 3.63) is 47.5 Å². The van der Waals surface area contributed by atoms with Gasteiger partial charge in [-0.3, -0.25) is 4.90 Å². The Morgan fingerprint density at radius 2 is 1.97 bits per heavy atom. The van der Waals surface area contributed by atoms with Gasteiger partial charge in [-0.05, 0) is 38.8 Å². The number of nitrogens with zero attached hydrogens (tertiary/aromatic N) is 1. The Kier molecular flexibility index (Phi) is 8.49. The van der Waals surface area contributed by atoms with Crippen LogP contribution in [0.2, 0.25) is 0 Å². The molecule has 9 heteroatoms. The highest BCUT2D eigenvalue weighted by Gasteiger charge is 2.45. The second kappa shape index (κ2) is 10.9. The summed E-state index contributed by atoms with van der Waals surface area (Å²) in [6.45, 7) is 5.30. The Bertz CT molecular complexity index is 808. The van der Waals surface area contributed by atoms with Crippen molar-refractivity contribution >= 4 is 6.09 Å². The molecule has 3 rings (SSSR count). The normalized spacial score (nSPS) is 29.0. The highest BCUT2D eigenvalue weighted by molar-refractivity contribution is 5.69. The number of benzene rings is 1. The first kappa shape index (κ1) is 25.6. The summed E-state index contributed by atoms with van der Waals surface area (Å²) in [5.41, 5.74) is 0.606. The molecule has 6 atom stereocenters. The summed E-state index contributed by atoms with van der Waals surface area (Å²) in [7, 11) is 1.43. The highest BCUT2D eigenvalue weighted by atomic mass is 16.7. The zero-order valence-corrected chi connectivity index (χ0v) is 19.6. The van der Waals surface area contributed by atoms with Crippen molar-refractivity contribution in [3.8, 4) is 0 Å². The van der Waals surface area contributed by atoms with Crippen LogP contribution in [0.3, 0.4) is 0 Å². The van der Waals surface area contributed by atoms with Gasteiger partial charge in [0, 0.05) is 12.7 Å².